The first-order valence-electron chi connectivity index (χ1n) is 4.97. The van der Waals surface area contributed by atoms with Crippen LogP contribution in [0.2, 0.25) is 0 Å². The van der Waals surface area contributed by atoms with Crippen molar-refractivity contribution in [3.8, 4) is 17.6 Å². The van der Waals surface area contributed by atoms with E-state index in [4.69, 9.17) is 14.7 Å². The van der Waals surface area contributed by atoms with Gasteiger partial charge < -0.3 is 9.47 Å². The molecule has 4 heteroatoms. The highest BCUT2D eigenvalue weighted by Gasteiger charge is 2.13. The number of fused-ring (bicyclic) bond motifs is 2. The van der Waals surface area contributed by atoms with E-state index in [-0.39, 0.29) is 0 Å². The average Bonchev–Trinajstić information content (AvgIpc) is 2.35. The molecule has 0 spiro atoms. The second-order valence-electron chi connectivity index (χ2n) is 3.50. The molecule has 1 aromatic carbocycles. The third-order valence-electron chi connectivity index (χ3n) is 2.47. The minimum absolute atomic E-state index is 0.407. The molecule has 0 N–H and O–H groups in total. The van der Waals surface area contributed by atoms with Crippen LogP contribution in [0, 0.1) is 11.3 Å². The largest absolute Gasteiger partial charge is 0.486 e. The first kappa shape index (κ1) is 8.98. The van der Waals surface area contributed by atoms with Gasteiger partial charge in [-0.1, -0.05) is 0 Å². The Morgan fingerprint density at radius 3 is 2.62 bits per heavy atom. The van der Waals surface area contributed by atoms with Crippen LogP contribution in [0.25, 0.3) is 10.9 Å². The van der Waals surface area contributed by atoms with Crippen LogP contribution in [0.3, 0.4) is 0 Å². The van der Waals surface area contributed by atoms with Crippen LogP contribution >= 0.6 is 0 Å². The van der Waals surface area contributed by atoms with Gasteiger partial charge >= 0.3 is 0 Å². The normalized spacial score (nSPS) is 13.4. The Morgan fingerprint density at radius 2 is 1.88 bits per heavy atom. The average molecular weight is 212 g/mol. The maximum Gasteiger partial charge on any atom is 0.163 e. The van der Waals surface area contributed by atoms with E-state index >= 15 is 0 Å². The third-order valence-corrected chi connectivity index (χ3v) is 2.47. The highest BCUT2D eigenvalue weighted by molar-refractivity contribution is 5.83. The Bertz CT molecular complexity index is 602. The van der Waals surface area contributed by atoms with E-state index in [1.807, 2.05) is 24.3 Å². The van der Waals surface area contributed by atoms with Crippen LogP contribution in [-0.4, -0.2) is 18.2 Å². The molecule has 0 amide bonds. The molecule has 0 saturated heterocycles. The predicted molar refractivity (Wildman–Crippen MR) is 57.4 cm³/mol. The molecular weight excluding hydrogens is 204 g/mol. The summed E-state index contributed by atoms with van der Waals surface area (Å²) in [4.78, 5) is 4.21. The molecule has 1 aromatic heterocycles. The predicted octanol–water partition coefficient (Wildman–Crippen LogP) is 1.88. The molecule has 3 rings (SSSR count). The Morgan fingerprint density at radius 1 is 1.12 bits per heavy atom. The molecule has 0 radical (unpaired) electrons. The summed E-state index contributed by atoms with van der Waals surface area (Å²) in [5, 5.41) is 9.71. The van der Waals surface area contributed by atoms with Crippen molar-refractivity contribution in [1.29, 1.82) is 5.26 Å². The van der Waals surface area contributed by atoms with Gasteiger partial charge in [-0.25, -0.2) is 4.98 Å². The number of hydrogen-bond donors (Lipinski definition) is 0. The summed E-state index contributed by atoms with van der Waals surface area (Å²) in [7, 11) is 0. The van der Waals surface area contributed by atoms with Gasteiger partial charge in [0.05, 0.1) is 5.52 Å². The Hall–Kier alpha value is -2.28. The third kappa shape index (κ3) is 1.34. The summed E-state index contributed by atoms with van der Waals surface area (Å²) in [6, 6.07) is 9.27. The molecular formula is C12H8N2O2. The second-order valence-corrected chi connectivity index (χ2v) is 3.50. The zero-order chi connectivity index (χ0) is 11.0. The molecule has 0 unspecified atom stereocenters. The zero-order valence-electron chi connectivity index (χ0n) is 8.43. The van der Waals surface area contributed by atoms with Crippen LogP contribution in [0.5, 0.6) is 11.5 Å². The number of pyridine rings is 1. The number of nitrogens with zero attached hydrogens (tertiary/aromatic N) is 2. The van der Waals surface area contributed by atoms with Gasteiger partial charge in [0.2, 0.25) is 0 Å². The van der Waals surface area contributed by atoms with Gasteiger partial charge in [0.15, 0.2) is 11.5 Å². The van der Waals surface area contributed by atoms with Crippen molar-refractivity contribution < 1.29 is 9.47 Å². The van der Waals surface area contributed by atoms with Gasteiger partial charge in [-0.3, -0.25) is 0 Å². The van der Waals surface area contributed by atoms with E-state index in [0.717, 1.165) is 16.7 Å². The van der Waals surface area contributed by atoms with Crippen molar-refractivity contribution in [2.24, 2.45) is 0 Å². The van der Waals surface area contributed by atoms with E-state index in [1.165, 1.54) is 0 Å². The lowest BCUT2D eigenvalue weighted by atomic mass is 10.2. The molecule has 0 saturated carbocycles. The summed E-state index contributed by atoms with van der Waals surface area (Å²) in [5.74, 6) is 1.44. The Kier molecular flexibility index (Phi) is 1.90. The minimum atomic E-state index is 0.407. The lowest BCUT2D eigenvalue weighted by Gasteiger charge is -2.18. The van der Waals surface area contributed by atoms with Crippen molar-refractivity contribution in [1.82, 2.24) is 4.98 Å². The standard InChI is InChI=1S/C12H8N2O2/c13-7-9-2-1-8-5-11-12(6-10(8)14-9)16-4-3-15-11/h1-2,5-6H,3-4H2. The Labute approximate surface area is 92.0 Å². The molecule has 1 aliphatic heterocycles. The van der Waals surface area contributed by atoms with Crippen LogP contribution in [0.4, 0.5) is 0 Å². The first-order valence-corrected chi connectivity index (χ1v) is 4.97. The summed E-state index contributed by atoms with van der Waals surface area (Å²) in [5.41, 5.74) is 1.16. The molecule has 0 atom stereocenters. The van der Waals surface area contributed by atoms with Crippen LogP contribution < -0.4 is 9.47 Å². The summed E-state index contributed by atoms with van der Waals surface area (Å²) in [6.45, 7) is 1.12. The number of benzene rings is 1. The Balaban J connectivity index is 2.24. The van der Waals surface area contributed by atoms with E-state index < -0.39 is 0 Å². The van der Waals surface area contributed by atoms with Gasteiger partial charge in [-0.2, -0.15) is 5.26 Å². The molecule has 2 heterocycles. The number of aromatic nitrogens is 1. The highest BCUT2D eigenvalue weighted by atomic mass is 16.6. The maximum atomic E-state index is 8.77. The summed E-state index contributed by atoms with van der Waals surface area (Å²) >= 11 is 0. The van der Waals surface area contributed by atoms with Crippen molar-refractivity contribution >= 4 is 10.9 Å². The second kappa shape index (κ2) is 3.38. The molecule has 16 heavy (non-hydrogen) atoms. The van der Waals surface area contributed by atoms with E-state index in [2.05, 4.69) is 4.98 Å². The first-order chi connectivity index (χ1) is 7.86. The monoisotopic (exact) mass is 212 g/mol. The van der Waals surface area contributed by atoms with Gasteiger partial charge in [-0.05, 0) is 18.2 Å². The number of nitriles is 1. The lowest BCUT2D eigenvalue weighted by molar-refractivity contribution is 0.172. The molecule has 2 aromatic rings. The topological polar surface area (TPSA) is 55.1 Å². The summed E-state index contributed by atoms with van der Waals surface area (Å²) < 4.78 is 10.9. The van der Waals surface area contributed by atoms with Gasteiger partial charge in [0.1, 0.15) is 25.0 Å². The van der Waals surface area contributed by atoms with Crippen LogP contribution in [0.15, 0.2) is 24.3 Å². The fraction of sp³-hybridized carbons (Fsp3) is 0.167. The molecule has 4 nitrogen and oxygen atoms in total. The van der Waals surface area contributed by atoms with Crippen LogP contribution in [-0.2, 0) is 0 Å². The smallest absolute Gasteiger partial charge is 0.163 e. The fourth-order valence-electron chi connectivity index (χ4n) is 1.72. The van der Waals surface area contributed by atoms with E-state index in [0.29, 0.717) is 24.7 Å². The van der Waals surface area contributed by atoms with E-state index in [1.54, 1.807) is 6.07 Å². The maximum absolute atomic E-state index is 8.77. The molecule has 0 fully saturated rings. The number of rotatable bonds is 0. The highest BCUT2D eigenvalue weighted by Crippen LogP contribution is 2.33. The van der Waals surface area contributed by atoms with Crippen molar-refractivity contribution in [3.63, 3.8) is 0 Å². The molecule has 1 aliphatic rings. The fourth-order valence-corrected chi connectivity index (χ4v) is 1.72. The summed E-state index contributed by atoms with van der Waals surface area (Å²) in [6.07, 6.45) is 0. The van der Waals surface area contributed by atoms with Gasteiger partial charge in [0, 0.05) is 11.5 Å². The molecule has 0 bridgehead atoms. The van der Waals surface area contributed by atoms with Crippen molar-refractivity contribution in [2.45, 2.75) is 0 Å². The van der Waals surface area contributed by atoms with Gasteiger partial charge in [0.25, 0.3) is 0 Å². The van der Waals surface area contributed by atoms with Crippen LogP contribution in [0.1, 0.15) is 5.69 Å². The SMILES string of the molecule is N#Cc1ccc2cc3c(cc2n1)OCCO3. The van der Waals surface area contributed by atoms with Crippen molar-refractivity contribution in [2.75, 3.05) is 13.2 Å². The lowest BCUT2D eigenvalue weighted by Crippen LogP contribution is -2.15. The number of ether oxygens (including phenoxy) is 2. The van der Waals surface area contributed by atoms with Gasteiger partial charge in [-0.15, -0.1) is 0 Å². The van der Waals surface area contributed by atoms with E-state index in [9.17, 15) is 0 Å². The minimum Gasteiger partial charge on any atom is -0.486 e. The molecule has 78 valence electrons. The van der Waals surface area contributed by atoms with Crippen molar-refractivity contribution in [3.05, 3.63) is 30.0 Å². The molecule has 0 aliphatic carbocycles. The zero-order valence-corrected chi connectivity index (χ0v) is 8.43. The number of hydrogen-bond acceptors (Lipinski definition) is 4. The quantitative estimate of drug-likeness (QED) is 0.669.